The molecule has 1 nitrogen and oxygen atoms in total. The Balaban J connectivity index is 3.27. The Morgan fingerprint density at radius 2 is 1.22 bits per heavy atom. The average molecular weight is 361 g/mol. The predicted octanol–water partition coefficient (Wildman–Crippen LogP) is 7.48. The molecule has 0 aromatic rings. The summed E-state index contributed by atoms with van der Waals surface area (Å²) in [7, 11) is -1.44. The first-order chi connectivity index (χ1) is 11.0. The Morgan fingerprint density at radius 3 is 1.65 bits per heavy atom. The number of hydrogen-bond donors (Lipinski definition) is 1. The summed E-state index contributed by atoms with van der Waals surface area (Å²) in [6, 6.07) is 1.24. The molecule has 0 aliphatic rings. The van der Waals surface area contributed by atoms with Crippen molar-refractivity contribution in [3.05, 3.63) is 0 Å². The van der Waals surface area contributed by atoms with E-state index < -0.39 is 8.32 Å². The van der Waals surface area contributed by atoms with Gasteiger partial charge in [0.2, 0.25) is 0 Å². The second-order valence-electron chi connectivity index (χ2n) is 7.99. The Kier molecular flexibility index (Phi) is 16.4. The van der Waals surface area contributed by atoms with Crippen molar-refractivity contribution >= 4 is 20.9 Å². The van der Waals surface area contributed by atoms with E-state index in [4.69, 9.17) is 4.43 Å². The van der Waals surface area contributed by atoms with Crippen LogP contribution >= 0.6 is 12.6 Å². The fourth-order valence-electron chi connectivity index (χ4n) is 3.25. The summed E-state index contributed by atoms with van der Waals surface area (Å²) >= 11 is 4.39. The van der Waals surface area contributed by atoms with Gasteiger partial charge in [-0.15, -0.1) is 0 Å². The molecule has 0 amide bonds. The molecular formula is C20H44OSSi. The maximum Gasteiger partial charge on any atom is 0.187 e. The molecule has 0 radical (unpaired) electrons. The summed E-state index contributed by atoms with van der Waals surface area (Å²) in [6.07, 6.45) is 16.9. The minimum Gasteiger partial charge on any atom is -0.417 e. The highest BCUT2D eigenvalue weighted by Gasteiger charge is 2.24. The summed E-state index contributed by atoms with van der Waals surface area (Å²) in [4.78, 5) is 0. The molecule has 1 unspecified atom stereocenters. The third kappa shape index (κ3) is 17.1. The topological polar surface area (TPSA) is 9.23 Å². The highest BCUT2D eigenvalue weighted by atomic mass is 32.1. The molecule has 0 aliphatic carbocycles. The van der Waals surface area contributed by atoms with E-state index in [1.54, 1.807) is 0 Å². The van der Waals surface area contributed by atoms with Gasteiger partial charge in [0.25, 0.3) is 0 Å². The van der Waals surface area contributed by atoms with Crippen molar-refractivity contribution in [1.29, 1.82) is 0 Å². The van der Waals surface area contributed by atoms with Crippen molar-refractivity contribution in [1.82, 2.24) is 0 Å². The fraction of sp³-hybridized carbons (Fsp3) is 1.00. The van der Waals surface area contributed by atoms with E-state index in [0.717, 1.165) is 12.4 Å². The molecule has 0 aromatic heterocycles. The zero-order valence-corrected chi connectivity index (χ0v) is 18.4. The lowest BCUT2D eigenvalue weighted by Crippen LogP contribution is -2.33. The summed E-state index contributed by atoms with van der Waals surface area (Å²) < 4.78 is 6.20. The van der Waals surface area contributed by atoms with E-state index >= 15 is 0 Å². The molecule has 0 saturated carbocycles. The van der Waals surface area contributed by atoms with Gasteiger partial charge in [-0.1, -0.05) is 84.5 Å². The summed E-state index contributed by atoms with van der Waals surface area (Å²) in [6.45, 7) is 10.3. The van der Waals surface area contributed by atoms with Crippen LogP contribution in [-0.2, 0) is 4.43 Å². The minimum atomic E-state index is -1.44. The Labute approximate surface area is 153 Å². The largest absolute Gasteiger partial charge is 0.417 e. The smallest absolute Gasteiger partial charge is 0.187 e. The Hall–Kier alpha value is 0.527. The maximum absolute atomic E-state index is 6.20. The Morgan fingerprint density at radius 1 is 0.783 bits per heavy atom. The van der Waals surface area contributed by atoms with Crippen molar-refractivity contribution in [2.75, 3.05) is 12.4 Å². The second kappa shape index (κ2) is 16.0. The van der Waals surface area contributed by atoms with Gasteiger partial charge >= 0.3 is 0 Å². The lowest BCUT2D eigenvalue weighted by Gasteiger charge is -2.25. The van der Waals surface area contributed by atoms with Gasteiger partial charge in [-0.05, 0) is 37.2 Å². The molecule has 0 aliphatic heterocycles. The minimum absolute atomic E-state index is 0.696. The zero-order chi connectivity index (χ0) is 17.4. The van der Waals surface area contributed by atoms with E-state index in [0.29, 0.717) is 5.92 Å². The molecular weight excluding hydrogens is 316 g/mol. The lowest BCUT2D eigenvalue weighted by atomic mass is 10.1. The van der Waals surface area contributed by atoms with Crippen LogP contribution in [0.2, 0.25) is 19.1 Å². The van der Waals surface area contributed by atoms with Crippen LogP contribution < -0.4 is 0 Å². The van der Waals surface area contributed by atoms with Gasteiger partial charge in [0.05, 0.1) is 0 Å². The van der Waals surface area contributed by atoms with E-state index in [9.17, 15) is 0 Å². The van der Waals surface area contributed by atoms with Crippen LogP contribution in [0.4, 0.5) is 0 Å². The van der Waals surface area contributed by atoms with Crippen LogP contribution in [0.3, 0.4) is 0 Å². The third-order valence-electron chi connectivity index (χ3n) is 4.64. The van der Waals surface area contributed by atoms with Gasteiger partial charge in [0.1, 0.15) is 0 Å². The highest BCUT2D eigenvalue weighted by Crippen LogP contribution is 2.19. The van der Waals surface area contributed by atoms with Crippen LogP contribution in [-0.4, -0.2) is 20.7 Å². The molecule has 23 heavy (non-hydrogen) atoms. The summed E-state index contributed by atoms with van der Waals surface area (Å²) in [5.74, 6) is 1.68. The van der Waals surface area contributed by atoms with Gasteiger partial charge in [-0.2, -0.15) is 12.6 Å². The normalized spacial score (nSPS) is 13.4. The first-order valence-electron chi connectivity index (χ1n) is 10.3. The predicted molar refractivity (Wildman–Crippen MR) is 112 cm³/mol. The van der Waals surface area contributed by atoms with E-state index in [-0.39, 0.29) is 0 Å². The van der Waals surface area contributed by atoms with E-state index in [1.807, 2.05) is 0 Å². The first kappa shape index (κ1) is 23.5. The van der Waals surface area contributed by atoms with Gasteiger partial charge < -0.3 is 4.43 Å². The molecule has 0 bridgehead atoms. The summed E-state index contributed by atoms with van der Waals surface area (Å²) in [5.41, 5.74) is 0. The molecule has 1 atom stereocenters. The van der Waals surface area contributed by atoms with Crippen LogP contribution in [0, 0.1) is 5.92 Å². The molecule has 0 N–H and O–H groups in total. The number of thiol groups is 1. The first-order valence-corrected chi connectivity index (χ1v) is 14.0. The SMILES string of the molecule is CCCCCCCCCCCCCCO[Si](C)(C)CC(C)CS. The molecule has 0 heterocycles. The van der Waals surface area contributed by atoms with Gasteiger partial charge in [0.15, 0.2) is 8.32 Å². The summed E-state index contributed by atoms with van der Waals surface area (Å²) in [5, 5.41) is 0. The van der Waals surface area contributed by atoms with Crippen LogP contribution in [0.1, 0.15) is 90.9 Å². The molecule has 0 spiro atoms. The lowest BCUT2D eigenvalue weighted by molar-refractivity contribution is 0.290. The Bertz CT molecular complexity index is 246. The number of rotatable bonds is 17. The van der Waals surface area contributed by atoms with Crippen molar-refractivity contribution in [3.8, 4) is 0 Å². The average Bonchev–Trinajstić information content (AvgIpc) is 2.51. The van der Waals surface area contributed by atoms with Crippen LogP contribution in [0.25, 0.3) is 0 Å². The standard InChI is InChI=1S/C20H44OSSi/c1-5-6-7-8-9-10-11-12-13-14-15-16-17-21-23(3,4)19-20(2)18-22/h20,22H,5-19H2,1-4H3. The highest BCUT2D eigenvalue weighted by molar-refractivity contribution is 7.80. The monoisotopic (exact) mass is 360 g/mol. The van der Waals surface area contributed by atoms with Crippen molar-refractivity contribution < 1.29 is 4.43 Å². The van der Waals surface area contributed by atoms with Crippen molar-refractivity contribution in [2.24, 2.45) is 5.92 Å². The number of unbranched alkanes of at least 4 members (excludes halogenated alkanes) is 11. The van der Waals surface area contributed by atoms with Crippen molar-refractivity contribution in [2.45, 2.75) is 110 Å². The fourth-order valence-corrected chi connectivity index (χ4v) is 6.26. The van der Waals surface area contributed by atoms with E-state index in [1.165, 1.54) is 83.1 Å². The van der Waals surface area contributed by atoms with Gasteiger partial charge in [-0.3, -0.25) is 0 Å². The molecule has 3 heteroatoms. The molecule has 140 valence electrons. The zero-order valence-electron chi connectivity index (χ0n) is 16.5. The van der Waals surface area contributed by atoms with Gasteiger partial charge in [-0.25, -0.2) is 0 Å². The molecule has 0 rings (SSSR count). The maximum atomic E-state index is 6.20. The quantitative estimate of drug-likeness (QED) is 0.161. The van der Waals surface area contributed by atoms with Crippen molar-refractivity contribution in [3.63, 3.8) is 0 Å². The molecule has 0 saturated heterocycles. The van der Waals surface area contributed by atoms with E-state index in [2.05, 4.69) is 39.6 Å². The van der Waals surface area contributed by atoms with Gasteiger partial charge in [0, 0.05) is 6.61 Å². The van der Waals surface area contributed by atoms with Crippen LogP contribution in [0.5, 0.6) is 0 Å². The third-order valence-corrected chi connectivity index (χ3v) is 7.93. The molecule has 0 fully saturated rings. The second-order valence-corrected chi connectivity index (χ2v) is 12.6. The molecule has 0 aromatic carbocycles. The van der Waals surface area contributed by atoms with Crippen LogP contribution in [0.15, 0.2) is 0 Å². The number of hydrogen-bond acceptors (Lipinski definition) is 2.